The van der Waals surface area contributed by atoms with E-state index >= 15 is 4.39 Å². The van der Waals surface area contributed by atoms with Crippen LogP contribution >= 0.6 is 11.3 Å². The minimum atomic E-state index is -0.355. The highest BCUT2D eigenvalue weighted by Crippen LogP contribution is 2.36. The molecule has 4 heterocycles. The van der Waals surface area contributed by atoms with Crippen molar-refractivity contribution in [2.24, 2.45) is 5.73 Å². The summed E-state index contributed by atoms with van der Waals surface area (Å²) in [6.07, 6.45) is 5.48. The Morgan fingerprint density at radius 2 is 1.94 bits per heavy atom. The third-order valence-electron chi connectivity index (χ3n) is 6.93. The highest BCUT2D eigenvalue weighted by molar-refractivity contribution is 7.19. The molecule has 5 rings (SSSR count). The summed E-state index contributed by atoms with van der Waals surface area (Å²) >= 11 is 1.75. The zero-order valence-electron chi connectivity index (χ0n) is 20.4. The summed E-state index contributed by atoms with van der Waals surface area (Å²) in [5.41, 5.74) is 7.55. The van der Waals surface area contributed by atoms with Gasteiger partial charge >= 0.3 is 0 Å². The third-order valence-corrected chi connectivity index (χ3v) is 8.03. The van der Waals surface area contributed by atoms with E-state index in [1.807, 2.05) is 6.07 Å². The van der Waals surface area contributed by atoms with Crippen molar-refractivity contribution < 1.29 is 9.13 Å². The summed E-state index contributed by atoms with van der Waals surface area (Å²) in [5.74, 6) is 0.898. The molecule has 1 aromatic carbocycles. The molecule has 2 fully saturated rings. The van der Waals surface area contributed by atoms with Gasteiger partial charge < -0.3 is 20.3 Å². The van der Waals surface area contributed by atoms with Gasteiger partial charge in [0.15, 0.2) is 11.6 Å². The van der Waals surface area contributed by atoms with Crippen molar-refractivity contribution in [2.45, 2.75) is 25.4 Å². The number of benzene rings is 1. The molecule has 0 atom stereocenters. The summed E-state index contributed by atoms with van der Waals surface area (Å²) < 4.78 is 21.7. The van der Waals surface area contributed by atoms with Gasteiger partial charge in [-0.3, -0.25) is 4.90 Å². The first-order valence-electron chi connectivity index (χ1n) is 12.2. The molecule has 0 spiro atoms. The van der Waals surface area contributed by atoms with Crippen LogP contribution in [0.3, 0.4) is 0 Å². The molecular formula is C26H33FN6OS. The van der Waals surface area contributed by atoms with Crippen LogP contribution in [0.15, 0.2) is 30.5 Å². The Bertz CT molecular complexity index is 1200. The summed E-state index contributed by atoms with van der Waals surface area (Å²) in [6.45, 7) is 5.90. The number of nitrogens with two attached hydrogens (primary N) is 1. The Morgan fingerprint density at radius 1 is 1.17 bits per heavy atom. The number of hydrogen-bond acceptors (Lipinski definition) is 8. The van der Waals surface area contributed by atoms with Crippen LogP contribution in [0.2, 0.25) is 0 Å². The van der Waals surface area contributed by atoms with Crippen LogP contribution in [0, 0.1) is 5.82 Å². The first kappa shape index (κ1) is 24.1. The molecule has 0 saturated carbocycles. The Balaban J connectivity index is 1.52. The van der Waals surface area contributed by atoms with Crippen molar-refractivity contribution in [2.75, 3.05) is 58.4 Å². The maximum Gasteiger partial charge on any atom is 0.165 e. The second-order valence-corrected chi connectivity index (χ2v) is 10.6. The molecule has 2 aromatic heterocycles. The number of rotatable bonds is 6. The highest BCUT2D eigenvalue weighted by atomic mass is 32.1. The molecule has 35 heavy (non-hydrogen) atoms. The van der Waals surface area contributed by atoms with Gasteiger partial charge in [0.05, 0.1) is 29.0 Å². The van der Waals surface area contributed by atoms with Gasteiger partial charge in [0.1, 0.15) is 5.82 Å². The van der Waals surface area contributed by atoms with E-state index in [0.29, 0.717) is 36.2 Å². The molecule has 0 unspecified atom stereocenters. The van der Waals surface area contributed by atoms with Crippen LogP contribution < -0.4 is 10.6 Å². The molecule has 2 N–H and O–H groups in total. The van der Waals surface area contributed by atoms with Crippen LogP contribution in [-0.4, -0.2) is 79.3 Å². The Labute approximate surface area is 210 Å². The Hall–Kier alpha value is -2.59. The van der Waals surface area contributed by atoms with Crippen LogP contribution in [0.5, 0.6) is 0 Å². The van der Waals surface area contributed by atoms with Crippen LogP contribution in [0.4, 0.5) is 10.2 Å². The normalized spacial score (nSPS) is 18.3. The fourth-order valence-corrected chi connectivity index (χ4v) is 6.13. The molecular weight excluding hydrogens is 463 g/mol. The topological polar surface area (TPSA) is 70.8 Å². The summed E-state index contributed by atoms with van der Waals surface area (Å²) in [6, 6.07) is 7.78. The monoisotopic (exact) mass is 496 g/mol. The number of likely N-dealkylation sites (tertiary alicyclic amines) is 1. The number of thiophene rings is 1. The summed E-state index contributed by atoms with van der Waals surface area (Å²) in [5, 5.41) is 0. The fourth-order valence-electron chi connectivity index (χ4n) is 4.98. The number of halogens is 1. The molecule has 2 saturated heterocycles. The van der Waals surface area contributed by atoms with Crippen molar-refractivity contribution >= 4 is 33.4 Å². The van der Waals surface area contributed by atoms with Gasteiger partial charge in [-0.1, -0.05) is 12.1 Å². The van der Waals surface area contributed by atoms with Gasteiger partial charge in [-0.25, -0.2) is 14.4 Å². The molecule has 0 radical (unpaired) electrons. The van der Waals surface area contributed by atoms with E-state index in [4.69, 9.17) is 20.4 Å². The van der Waals surface area contributed by atoms with Gasteiger partial charge in [-0.15, -0.1) is 11.3 Å². The number of aromatic nitrogens is 2. The zero-order valence-corrected chi connectivity index (χ0v) is 21.2. The third kappa shape index (κ3) is 5.18. The number of ether oxygens (including phenoxy) is 1. The van der Waals surface area contributed by atoms with Crippen molar-refractivity contribution in [3.63, 3.8) is 0 Å². The molecule has 7 nitrogen and oxygen atoms in total. The lowest BCUT2D eigenvalue weighted by molar-refractivity contribution is 0.122. The maximum absolute atomic E-state index is 15.0. The van der Waals surface area contributed by atoms with Gasteiger partial charge in [0, 0.05) is 43.6 Å². The van der Waals surface area contributed by atoms with Crippen molar-refractivity contribution in [1.29, 1.82) is 0 Å². The standard InChI is InChI=1S/C26H33FN6OS/c1-31(2)19-7-10-32(11-8-19)17-20-16-22-24(35-20)26(33-12-14-34-15-13-33)30-25(29-22)23-18(6-9-28)4-3-5-21(23)27/h3-6,9,16,19H,7-8,10-15,17,28H2,1-2H3/b9-6-. The first-order chi connectivity index (χ1) is 17.0. The summed E-state index contributed by atoms with van der Waals surface area (Å²) in [4.78, 5) is 18.1. The van der Waals surface area contributed by atoms with Gasteiger partial charge in [0.25, 0.3) is 0 Å². The number of morpholine rings is 1. The minimum Gasteiger partial charge on any atom is -0.405 e. The van der Waals surface area contributed by atoms with E-state index in [-0.39, 0.29) is 5.82 Å². The predicted octanol–water partition coefficient (Wildman–Crippen LogP) is 3.79. The summed E-state index contributed by atoms with van der Waals surface area (Å²) in [7, 11) is 4.33. The number of nitrogens with zero attached hydrogens (tertiary/aromatic N) is 5. The number of hydrogen-bond donors (Lipinski definition) is 1. The van der Waals surface area contributed by atoms with Crippen LogP contribution in [-0.2, 0) is 11.3 Å². The molecule has 0 aliphatic carbocycles. The molecule has 9 heteroatoms. The van der Waals surface area contributed by atoms with E-state index in [1.54, 1.807) is 23.5 Å². The molecule has 2 aliphatic rings. The lowest BCUT2D eigenvalue weighted by Crippen LogP contribution is -2.41. The van der Waals surface area contributed by atoms with Crippen molar-refractivity contribution in [3.05, 3.63) is 46.7 Å². The van der Waals surface area contributed by atoms with E-state index in [9.17, 15) is 0 Å². The maximum atomic E-state index is 15.0. The smallest absolute Gasteiger partial charge is 0.165 e. The van der Waals surface area contributed by atoms with Gasteiger partial charge in [-0.2, -0.15) is 0 Å². The van der Waals surface area contributed by atoms with Crippen molar-refractivity contribution in [1.82, 2.24) is 19.8 Å². The SMILES string of the molecule is CN(C)C1CCN(Cc2cc3nc(-c4c(F)cccc4/C=C\N)nc(N4CCOCC4)c3s2)CC1. The molecule has 2 aliphatic heterocycles. The van der Waals surface area contributed by atoms with Crippen LogP contribution in [0.1, 0.15) is 23.3 Å². The Kier molecular flexibility index (Phi) is 7.29. The lowest BCUT2D eigenvalue weighted by Gasteiger charge is -2.34. The average molecular weight is 497 g/mol. The van der Waals surface area contributed by atoms with Gasteiger partial charge in [-0.05, 0) is 56.9 Å². The highest BCUT2D eigenvalue weighted by Gasteiger charge is 2.24. The number of fused-ring (bicyclic) bond motifs is 1. The van der Waals surface area contributed by atoms with Gasteiger partial charge in [0.2, 0.25) is 0 Å². The van der Waals surface area contributed by atoms with Crippen LogP contribution in [0.25, 0.3) is 27.7 Å². The van der Waals surface area contributed by atoms with E-state index < -0.39 is 0 Å². The van der Waals surface area contributed by atoms with E-state index in [2.05, 4.69) is 34.9 Å². The zero-order chi connectivity index (χ0) is 24.4. The largest absolute Gasteiger partial charge is 0.405 e. The molecule has 186 valence electrons. The predicted molar refractivity (Wildman–Crippen MR) is 141 cm³/mol. The van der Waals surface area contributed by atoms with E-state index in [0.717, 1.165) is 48.8 Å². The molecule has 0 bridgehead atoms. The Morgan fingerprint density at radius 3 is 2.66 bits per heavy atom. The lowest BCUT2D eigenvalue weighted by atomic mass is 10.0. The minimum absolute atomic E-state index is 0.355. The molecule has 0 amide bonds. The quantitative estimate of drug-likeness (QED) is 0.557. The number of piperidine rings is 1. The average Bonchev–Trinajstić information content (AvgIpc) is 3.27. The number of anilines is 1. The van der Waals surface area contributed by atoms with Crippen molar-refractivity contribution in [3.8, 4) is 11.4 Å². The molecule has 3 aromatic rings. The second kappa shape index (κ2) is 10.6. The second-order valence-electron chi connectivity index (χ2n) is 9.43. The first-order valence-corrected chi connectivity index (χ1v) is 13.0. The fraction of sp³-hybridized carbons (Fsp3) is 0.462. The van der Waals surface area contributed by atoms with E-state index in [1.165, 1.54) is 30.0 Å².